The van der Waals surface area contributed by atoms with Gasteiger partial charge in [-0.05, 0) is 38.1 Å². The number of nitrogens with one attached hydrogen (secondary N) is 2. The molecule has 0 spiro atoms. The maximum atomic E-state index is 12.1. The Morgan fingerprint density at radius 3 is 2.50 bits per heavy atom. The van der Waals surface area contributed by atoms with Gasteiger partial charge in [-0.1, -0.05) is 11.8 Å². The Morgan fingerprint density at radius 2 is 1.91 bits per heavy atom. The van der Waals surface area contributed by atoms with Crippen molar-refractivity contribution in [3.05, 3.63) is 52.4 Å². The number of benzene rings is 1. The number of carbonyl (C=O) groups is 2. The van der Waals surface area contributed by atoms with Gasteiger partial charge in [-0.3, -0.25) is 14.4 Å². The highest BCUT2D eigenvalue weighted by Gasteiger charge is 2.15. The lowest BCUT2D eigenvalue weighted by molar-refractivity contribution is -0.115. The van der Waals surface area contributed by atoms with E-state index in [-0.39, 0.29) is 17.2 Å². The van der Waals surface area contributed by atoms with Crippen LogP contribution in [-0.4, -0.2) is 26.9 Å². The highest BCUT2D eigenvalue weighted by molar-refractivity contribution is 8.00. The van der Waals surface area contributed by atoms with Gasteiger partial charge in [-0.2, -0.15) is 0 Å². The summed E-state index contributed by atoms with van der Waals surface area (Å²) in [5.74, 6) is -0.243. The van der Waals surface area contributed by atoms with Crippen LogP contribution < -0.4 is 10.9 Å². The van der Waals surface area contributed by atoms with Gasteiger partial charge in [0.25, 0.3) is 5.56 Å². The van der Waals surface area contributed by atoms with Gasteiger partial charge in [-0.15, -0.1) is 0 Å². The summed E-state index contributed by atoms with van der Waals surface area (Å²) in [6, 6.07) is 7.98. The predicted molar refractivity (Wildman–Crippen MR) is 85.3 cm³/mol. The van der Waals surface area contributed by atoms with Crippen LogP contribution in [0.15, 0.2) is 46.5 Å². The second kappa shape index (κ2) is 7.04. The number of hydrogen-bond acceptors (Lipinski definition) is 5. The van der Waals surface area contributed by atoms with E-state index in [1.165, 1.54) is 19.2 Å². The molecule has 1 aromatic carbocycles. The van der Waals surface area contributed by atoms with E-state index in [0.717, 1.165) is 11.8 Å². The minimum atomic E-state index is -0.432. The lowest BCUT2D eigenvalue weighted by Gasteiger charge is -2.11. The summed E-state index contributed by atoms with van der Waals surface area (Å²) in [5, 5.41) is 2.71. The van der Waals surface area contributed by atoms with Gasteiger partial charge in [0.05, 0.1) is 5.25 Å². The number of nitrogens with zero attached hydrogens (tertiary/aromatic N) is 1. The zero-order valence-electron chi connectivity index (χ0n) is 12.1. The Morgan fingerprint density at radius 1 is 1.23 bits per heavy atom. The molecule has 2 rings (SSSR count). The molecule has 0 bridgehead atoms. The monoisotopic (exact) mass is 317 g/mol. The molecule has 1 amide bonds. The van der Waals surface area contributed by atoms with Gasteiger partial charge in [0.1, 0.15) is 0 Å². The van der Waals surface area contributed by atoms with Crippen molar-refractivity contribution in [1.82, 2.24) is 9.97 Å². The standard InChI is InChI=1S/C15H15N3O3S/c1-9(19)11-3-5-12(6-4-11)17-14(21)10(2)22-15-16-8-7-13(20)18-15/h3-8,10H,1-2H3,(H,17,21)(H,16,18,20)/t10-/m1/s1. The molecule has 22 heavy (non-hydrogen) atoms. The minimum absolute atomic E-state index is 0.0269. The van der Waals surface area contributed by atoms with Crippen molar-refractivity contribution in [2.24, 2.45) is 0 Å². The first-order chi connectivity index (χ1) is 10.5. The molecule has 0 saturated carbocycles. The quantitative estimate of drug-likeness (QED) is 0.500. The lowest BCUT2D eigenvalue weighted by Crippen LogP contribution is -2.23. The second-order valence-corrected chi connectivity index (χ2v) is 5.95. The molecule has 0 aliphatic rings. The fourth-order valence-corrected chi connectivity index (χ4v) is 2.45. The third kappa shape index (κ3) is 4.29. The average molecular weight is 317 g/mol. The number of anilines is 1. The topological polar surface area (TPSA) is 91.9 Å². The van der Waals surface area contributed by atoms with Crippen molar-refractivity contribution in [2.45, 2.75) is 24.3 Å². The van der Waals surface area contributed by atoms with E-state index in [1.54, 1.807) is 31.2 Å². The number of H-pyrrole nitrogens is 1. The molecule has 0 unspecified atom stereocenters. The Hall–Kier alpha value is -2.41. The number of rotatable bonds is 5. The van der Waals surface area contributed by atoms with Crippen molar-refractivity contribution < 1.29 is 9.59 Å². The molecule has 7 heteroatoms. The van der Waals surface area contributed by atoms with Crippen LogP contribution in [0.2, 0.25) is 0 Å². The van der Waals surface area contributed by atoms with E-state index >= 15 is 0 Å². The first-order valence-electron chi connectivity index (χ1n) is 6.59. The van der Waals surface area contributed by atoms with E-state index in [9.17, 15) is 14.4 Å². The van der Waals surface area contributed by atoms with Gasteiger partial charge in [0.2, 0.25) is 5.91 Å². The third-order valence-electron chi connectivity index (χ3n) is 2.86. The van der Waals surface area contributed by atoms with Crippen LogP contribution in [0.4, 0.5) is 5.69 Å². The Kier molecular flexibility index (Phi) is 5.11. The zero-order valence-corrected chi connectivity index (χ0v) is 12.9. The Bertz CT molecular complexity index is 740. The lowest BCUT2D eigenvalue weighted by atomic mass is 10.1. The van der Waals surface area contributed by atoms with Crippen molar-refractivity contribution in [3.63, 3.8) is 0 Å². The van der Waals surface area contributed by atoms with Crippen LogP contribution in [0.25, 0.3) is 0 Å². The fraction of sp³-hybridized carbons (Fsp3) is 0.200. The number of carbonyl (C=O) groups excluding carboxylic acids is 2. The third-order valence-corrected chi connectivity index (χ3v) is 3.86. The molecule has 0 radical (unpaired) electrons. The maximum absolute atomic E-state index is 12.1. The molecular formula is C15H15N3O3S. The SMILES string of the molecule is CC(=O)c1ccc(NC(=O)[C@@H](C)Sc2nccc(=O)[nH]2)cc1. The normalized spacial score (nSPS) is 11.7. The van der Waals surface area contributed by atoms with E-state index in [1.807, 2.05) is 0 Å². The van der Waals surface area contributed by atoms with E-state index < -0.39 is 5.25 Å². The summed E-state index contributed by atoms with van der Waals surface area (Å²) in [4.78, 5) is 41.0. The smallest absolute Gasteiger partial charge is 0.251 e. The van der Waals surface area contributed by atoms with E-state index in [0.29, 0.717) is 16.4 Å². The molecule has 0 saturated heterocycles. The summed E-state index contributed by atoms with van der Waals surface area (Å²) in [7, 11) is 0. The summed E-state index contributed by atoms with van der Waals surface area (Å²) >= 11 is 1.16. The van der Waals surface area contributed by atoms with Crippen LogP contribution in [0.5, 0.6) is 0 Å². The molecule has 2 aromatic rings. The minimum Gasteiger partial charge on any atom is -0.325 e. The van der Waals surface area contributed by atoms with Gasteiger partial charge in [-0.25, -0.2) is 4.98 Å². The van der Waals surface area contributed by atoms with Gasteiger partial charge >= 0.3 is 0 Å². The number of aromatic amines is 1. The number of amides is 1. The van der Waals surface area contributed by atoms with Gasteiger partial charge in [0.15, 0.2) is 10.9 Å². The number of Topliss-reactive ketones (excluding diaryl/α,β-unsaturated/α-hetero) is 1. The first-order valence-corrected chi connectivity index (χ1v) is 7.47. The fourth-order valence-electron chi connectivity index (χ4n) is 1.67. The maximum Gasteiger partial charge on any atom is 0.251 e. The summed E-state index contributed by atoms with van der Waals surface area (Å²) in [6.07, 6.45) is 1.40. The summed E-state index contributed by atoms with van der Waals surface area (Å²) in [5.41, 5.74) is 0.938. The number of ketones is 1. The number of thioether (sulfide) groups is 1. The van der Waals surface area contributed by atoms with Crippen LogP contribution in [0, 0.1) is 0 Å². The molecule has 1 aromatic heterocycles. The van der Waals surface area contributed by atoms with Crippen LogP contribution in [0.3, 0.4) is 0 Å². The Labute approximate surface area is 131 Å². The van der Waals surface area contributed by atoms with Crippen molar-refractivity contribution in [1.29, 1.82) is 0 Å². The first kappa shape index (κ1) is 16.0. The molecular weight excluding hydrogens is 302 g/mol. The molecule has 0 aliphatic carbocycles. The van der Waals surface area contributed by atoms with Gasteiger partial charge < -0.3 is 10.3 Å². The van der Waals surface area contributed by atoms with Crippen molar-refractivity contribution >= 4 is 29.1 Å². The van der Waals surface area contributed by atoms with Crippen molar-refractivity contribution in [3.8, 4) is 0 Å². The van der Waals surface area contributed by atoms with Gasteiger partial charge in [0, 0.05) is 23.5 Å². The molecule has 0 fully saturated rings. The molecule has 114 valence electrons. The second-order valence-electron chi connectivity index (χ2n) is 4.62. The van der Waals surface area contributed by atoms with Crippen LogP contribution >= 0.6 is 11.8 Å². The largest absolute Gasteiger partial charge is 0.325 e. The van der Waals surface area contributed by atoms with E-state index in [4.69, 9.17) is 0 Å². The summed E-state index contributed by atoms with van der Waals surface area (Å²) < 4.78 is 0. The van der Waals surface area contributed by atoms with Crippen LogP contribution in [0.1, 0.15) is 24.2 Å². The highest BCUT2D eigenvalue weighted by Crippen LogP contribution is 2.19. The molecule has 6 nitrogen and oxygen atoms in total. The molecule has 1 heterocycles. The predicted octanol–water partition coefficient (Wildman–Crippen LogP) is 2.09. The zero-order chi connectivity index (χ0) is 16.1. The summed E-state index contributed by atoms with van der Waals surface area (Å²) in [6.45, 7) is 3.21. The molecule has 1 atom stereocenters. The highest BCUT2D eigenvalue weighted by atomic mass is 32.2. The number of hydrogen-bond donors (Lipinski definition) is 2. The van der Waals surface area contributed by atoms with E-state index in [2.05, 4.69) is 15.3 Å². The molecule has 2 N–H and O–H groups in total. The average Bonchev–Trinajstić information content (AvgIpc) is 2.47. The molecule has 0 aliphatic heterocycles. The van der Waals surface area contributed by atoms with Crippen molar-refractivity contribution in [2.75, 3.05) is 5.32 Å². The number of aromatic nitrogens is 2. The van der Waals surface area contributed by atoms with Crippen LogP contribution in [-0.2, 0) is 4.79 Å². The Balaban J connectivity index is 1.99.